The predicted octanol–water partition coefficient (Wildman–Crippen LogP) is 4.05. The van der Waals surface area contributed by atoms with Gasteiger partial charge in [-0.25, -0.2) is 0 Å². The van der Waals surface area contributed by atoms with Gasteiger partial charge in [0.15, 0.2) is 0 Å². The Morgan fingerprint density at radius 1 is 1.23 bits per heavy atom. The standard InChI is InChI=1S/C19H19F3N2O2/c1-12-4-9-15(23-11-12)17(24-10-2-3-16(24)18(25)26)13-5-7-14(8-6-13)19(20,21)22/h4-9,11,16-17H,2-3,10H2,1H3,(H,25,26). The second-order valence-corrected chi connectivity index (χ2v) is 6.52. The summed E-state index contributed by atoms with van der Waals surface area (Å²) in [5, 5.41) is 9.51. The first-order valence-corrected chi connectivity index (χ1v) is 8.35. The van der Waals surface area contributed by atoms with E-state index in [1.54, 1.807) is 12.3 Å². The van der Waals surface area contributed by atoms with Gasteiger partial charge in [-0.15, -0.1) is 0 Å². The average Bonchev–Trinajstić information content (AvgIpc) is 3.06. The number of likely N-dealkylation sites (tertiary alicyclic amines) is 1. The summed E-state index contributed by atoms with van der Waals surface area (Å²) < 4.78 is 38.6. The van der Waals surface area contributed by atoms with Gasteiger partial charge in [-0.1, -0.05) is 18.2 Å². The topological polar surface area (TPSA) is 53.4 Å². The third-order valence-electron chi connectivity index (χ3n) is 4.68. The van der Waals surface area contributed by atoms with E-state index >= 15 is 0 Å². The van der Waals surface area contributed by atoms with E-state index in [4.69, 9.17) is 0 Å². The number of rotatable bonds is 4. The highest BCUT2D eigenvalue weighted by Gasteiger charge is 2.38. The molecule has 7 heteroatoms. The molecule has 26 heavy (non-hydrogen) atoms. The van der Waals surface area contributed by atoms with Crippen molar-refractivity contribution in [2.75, 3.05) is 6.54 Å². The number of hydrogen-bond acceptors (Lipinski definition) is 3. The normalized spacial score (nSPS) is 19.5. The summed E-state index contributed by atoms with van der Waals surface area (Å²) in [5.74, 6) is -0.925. The molecular formula is C19H19F3N2O2. The molecule has 2 heterocycles. The van der Waals surface area contributed by atoms with E-state index in [2.05, 4.69) is 4.98 Å². The Bertz CT molecular complexity index is 773. The van der Waals surface area contributed by atoms with Crippen LogP contribution in [0.25, 0.3) is 0 Å². The summed E-state index contributed by atoms with van der Waals surface area (Å²) >= 11 is 0. The maximum Gasteiger partial charge on any atom is 0.416 e. The Balaban J connectivity index is 2.03. The molecule has 0 amide bonds. The number of halogens is 3. The van der Waals surface area contributed by atoms with Gasteiger partial charge in [0.25, 0.3) is 0 Å². The minimum Gasteiger partial charge on any atom is -0.480 e. The van der Waals surface area contributed by atoms with Crippen molar-refractivity contribution in [2.45, 2.75) is 38.0 Å². The quantitative estimate of drug-likeness (QED) is 0.889. The summed E-state index contributed by atoms with van der Waals surface area (Å²) in [5.41, 5.74) is 1.45. The molecule has 1 aliphatic heterocycles. The molecular weight excluding hydrogens is 345 g/mol. The van der Waals surface area contributed by atoms with Crippen molar-refractivity contribution in [1.29, 1.82) is 0 Å². The van der Waals surface area contributed by atoms with Gasteiger partial charge in [0, 0.05) is 12.7 Å². The van der Waals surface area contributed by atoms with Crippen molar-refractivity contribution in [3.63, 3.8) is 0 Å². The first-order chi connectivity index (χ1) is 12.3. The lowest BCUT2D eigenvalue weighted by molar-refractivity contribution is -0.142. The van der Waals surface area contributed by atoms with Crippen molar-refractivity contribution in [3.8, 4) is 0 Å². The van der Waals surface area contributed by atoms with Gasteiger partial charge in [0.05, 0.1) is 17.3 Å². The lowest BCUT2D eigenvalue weighted by atomic mass is 9.98. The van der Waals surface area contributed by atoms with Gasteiger partial charge in [0.1, 0.15) is 6.04 Å². The molecule has 2 unspecified atom stereocenters. The monoisotopic (exact) mass is 364 g/mol. The number of nitrogens with zero attached hydrogens (tertiary/aromatic N) is 2. The molecule has 1 N–H and O–H groups in total. The molecule has 0 radical (unpaired) electrons. The highest BCUT2D eigenvalue weighted by molar-refractivity contribution is 5.74. The fraction of sp³-hybridized carbons (Fsp3) is 0.368. The molecule has 3 rings (SSSR count). The van der Waals surface area contributed by atoms with Crippen molar-refractivity contribution in [1.82, 2.24) is 9.88 Å². The number of aliphatic carboxylic acids is 1. The van der Waals surface area contributed by atoms with Crippen LogP contribution in [0.5, 0.6) is 0 Å². The summed E-state index contributed by atoms with van der Waals surface area (Å²) in [7, 11) is 0. The molecule has 0 saturated carbocycles. The lowest BCUT2D eigenvalue weighted by Crippen LogP contribution is -2.39. The molecule has 1 saturated heterocycles. The van der Waals surface area contributed by atoms with Crippen LogP contribution in [0.1, 0.15) is 41.3 Å². The summed E-state index contributed by atoms with van der Waals surface area (Å²) in [6, 6.07) is 7.37. The van der Waals surface area contributed by atoms with Crippen LogP contribution < -0.4 is 0 Å². The Hall–Kier alpha value is -2.41. The highest BCUT2D eigenvalue weighted by atomic mass is 19.4. The van der Waals surface area contributed by atoms with Crippen LogP contribution in [-0.2, 0) is 11.0 Å². The van der Waals surface area contributed by atoms with E-state index < -0.39 is 29.8 Å². The summed E-state index contributed by atoms with van der Waals surface area (Å²) in [6.07, 6.45) is -1.50. The van der Waals surface area contributed by atoms with Crippen LogP contribution in [0, 0.1) is 6.92 Å². The van der Waals surface area contributed by atoms with Gasteiger partial charge in [-0.05, 0) is 49.1 Å². The fourth-order valence-electron chi connectivity index (χ4n) is 3.39. The van der Waals surface area contributed by atoms with E-state index in [0.717, 1.165) is 24.1 Å². The van der Waals surface area contributed by atoms with Crippen LogP contribution in [-0.4, -0.2) is 33.5 Å². The Labute approximate surface area is 149 Å². The number of benzene rings is 1. The van der Waals surface area contributed by atoms with Gasteiger partial charge in [0.2, 0.25) is 0 Å². The van der Waals surface area contributed by atoms with Crippen LogP contribution in [0.2, 0.25) is 0 Å². The van der Waals surface area contributed by atoms with E-state index in [0.29, 0.717) is 24.2 Å². The first kappa shape index (κ1) is 18.4. The zero-order chi connectivity index (χ0) is 18.9. The molecule has 1 fully saturated rings. The Morgan fingerprint density at radius 2 is 1.92 bits per heavy atom. The second-order valence-electron chi connectivity index (χ2n) is 6.52. The number of alkyl halides is 3. The van der Waals surface area contributed by atoms with E-state index in [1.165, 1.54) is 12.1 Å². The lowest BCUT2D eigenvalue weighted by Gasteiger charge is -2.31. The number of hydrogen-bond donors (Lipinski definition) is 1. The summed E-state index contributed by atoms with van der Waals surface area (Å²) in [6.45, 7) is 2.44. The number of aryl methyl sites for hydroxylation is 1. The van der Waals surface area contributed by atoms with Crippen LogP contribution in [0.15, 0.2) is 42.6 Å². The number of carbonyl (C=O) groups is 1. The van der Waals surface area contributed by atoms with Crippen molar-refractivity contribution >= 4 is 5.97 Å². The maximum atomic E-state index is 12.9. The molecule has 138 valence electrons. The molecule has 0 aliphatic carbocycles. The van der Waals surface area contributed by atoms with Gasteiger partial charge >= 0.3 is 12.1 Å². The second kappa shape index (κ2) is 7.07. The molecule has 4 nitrogen and oxygen atoms in total. The van der Waals surface area contributed by atoms with Crippen LogP contribution >= 0.6 is 0 Å². The third-order valence-corrected chi connectivity index (χ3v) is 4.68. The summed E-state index contributed by atoms with van der Waals surface area (Å²) in [4.78, 5) is 17.8. The van der Waals surface area contributed by atoms with Gasteiger partial charge < -0.3 is 5.11 Å². The largest absolute Gasteiger partial charge is 0.480 e. The smallest absolute Gasteiger partial charge is 0.416 e. The van der Waals surface area contributed by atoms with Crippen molar-refractivity contribution in [3.05, 3.63) is 65.0 Å². The van der Waals surface area contributed by atoms with Crippen LogP contribution in [0.4, 0.5) is 13.2 Å². The van der Waals surface area contributed by atoms with Crippen LogP contribution in [0.3, 0.4) is 0 Å². The molecule has 2 aromatic rings. The zero-order valence-corrected chi connectivity index (χ0v) is 14.2. The number of aromatic nitrogens is 1. The number of pyridine rings is 1. The molecule has 1 aromatic heterocycles. The first-order valence-electron chi connectivity index (χ1n) is 8.35. The Morgan fingerprint density at radius 3 is 2.46 bits per heavy atom. The van der Waals surface area contributed by atoms with Crippen molar-refractivity contribution < 1.29 is 23.1 Å². The molecule has 1 aromatic carbocycles. The molecule has 0 bridgehead atoms. The molecule has 0 spiro atoms. The highest BCUT2D eigenvalue weighted by Crippen LogP contribution is 2.36. The molecule has 1 aliphatic rings. The number of carboxylic acids is 1. The minimum absolute atomic E-state index is 0.499. The Kier molecular flexibility index (Phi) is 5.00. The van der Waals surface area contributed by atoms with Gasteiger partial charge in [-0.3, -0.25) is 14.7 Å². The number of carboxylic acid groups (broad SMARTS) is 1. The fourth-order valence-corrected chi connectivity index (χ4v) is 3.39. The van der Waals surface area contributed by atoms with E-state index in [-0.39, 0.29) is 0 Å². The average molecular weight is 364 g/mol. The van der Waals surface area contributed by atoms with E-state index in [1.807, 2.05) is 17.9 Å². The third kappa shape index (κ3) is 3.72. The van der Waals surface area contributed by atoms with Gasteiger partial charge in [-0.2, -0.15) is 13.2 Å². The van der Waals surface area contributed by atoms with Crippen molar-refractivity contribution in [2.24, 2.45) is 0 Å². The zero-order valence-electron chi connectivity index (χ0n) is 14.2. The predicted molar refractivity (Wildman–Crippen MR) is 89.6 cm³/mol. The molecule has 2 atom stereocenters. The minimum atomic E-state index is -4.41. The SMILES string of the molecule is Cc1ccc(C(c2ccc(C(F)(F)F)cc2)N2CCCC2C(=O)O)nc1. The maximum absolute atomic E-state index is 12.9. The van der Waals surface area contributed by atoms with E-state index in [9.17, 15) is 23.1 Å².